The molecule has 3 atom stereocenters. The van der Waals surface area contributed by atoms with Crippen LogP contribution >= 0.6 is 0 Å². The van der Waals surface area contributed by atoms with Gasteiger partial charge in [-0.3, -0.25) is 9.88 Å². The Hall–Kier alpha value is -3.66. The fraction of sp³-hybridized carbons (Fsp3) is 0.517. The number of hydrogen-bond acceptors (Lipinski definition) is 8. The van der Waals surface area contributed by atoms with Crippen molar-refractivity contribution >= 4 is 28.4 Å². The van der Waals surface area contributed by atoms with Crippen molar-refractivity contribution in [3.8, 4) is 6.01 Å². The maximum absolute atomic E-state index is 11.9. The number of nitrogens with zero attached hydrogens (tertiary/aromatic N) is 7. The first-order chi connectivity index (χ1) is 19.0. The lowest BCUT2D eigenvalue weighted by atomic mass is 10.0. The number of aromatic nitrogens is 3. The molecule has 3 saturated heterocycles. The summed E-state index contributed by atoms with van der Waals surface area (Å²) < 4.78 is 6.27. The van der Waals surface area contributed by atoms with Gasteiger partial charge < -0.3 is 24.5 Å². The Labute approximate surface area is 228 Å². The van der Waals surface area contributed by atoms with Crippen LogP contribution in [0, 0.1) is 0 Å². The number of benzene rings is 1. The molecule has 3 fully saturated rings. The highest BCUT2D eigenvalue weighted by Gasteiger charge is 2.44. The Bertz CT molecular complexity index is 1380. The SMILES string of the molecule is CN1CCCC1COc1nc2c(c(N3C[C@H]4CC[C@@H](C3)N4C(=O)O)n1)CCN(c1cncc3ccccc13)C2. The minimum atomic E-state index is -0.809. The molecule has 0 saturated carbocycles. The lowest BCUT2D eigenvalue weighted by Crippen LogP contribution is -2.56. The van der Waals surface area contributed by atoms with Crippen LogP contribution in [-0.4, -0.2) is 93.9 Å². The number of ether oxygens (including phenoxy) is 1. The third-order valence-corrected chi connectivity index (χ3v) is 9.09. The molecule has 4 aliphatic rings. The van der Waals surface area contributed by atoms with Crippen molar-refractivity contribution in [2.24, 2.45) is 0 Å². The number of pyridine rings is 1. The van der Waals surface area contributed by atoms with E-state index >= 15 is 0 Å². The fourth-order valence-corrected chi connectivity index (χ4v) is 7.02. The third kappa shape index (κ3) is 4.40. The molecule has 0 aliphatic carbocycles. The Morgan fingerprint density at radius 3 is 2.64 bits per heavy atom. The quantitative estimate of drug-likeness (QED) is 0.533. The summed E-state index contributed by atoms with van der Waals surface area (Å²) in [6, 6.07) is 9.17. The van der Waals surface area contributed by atoms with E-state index in [9.17, 15) is 9.90 Å². The smallest absolute Gasteiger partial charge is 0.407 e. The minimum Gasteiger partial charge on any atom is -0.465 e. The lowest BCUT2D eigenvalue weighted by Gasteiger charge is -2.41. The molecule has 10 heteroatoms. The molecule has 1 aromatic carbocycles. The first-order valence-electron chi connectivity index (χ1n) is 14.1. The van der Waals surface area contributed by atoms with E-state index < -0.39 is 6.09 Å². The highest BCUT2D eigenvalue weighted by atomic mass is 16.5. The predicted molar refractivity (Wildman–Crippen MR) is 149 cm³/mol. The van der Waals surface area contributed by atoms with Gasteiger partial charge in [-0.15, -0.1) is 0 Å². The van der Waals surface area contributed by atoms with Crippen LogP contribution in [0.2, 0.25) is 0 Å². The van der Waals surface area contributed by atoms with E-state index in [4.69, 9.17) is 14.7 Å². The van der Waals surface area contributed by atoms with Gasteiger partial charge >= 0.3 is 12.1 Å². The molecule has 39 heavy (non-hydrogen) atoms. The number of rotatable bonds is 5. The molecule has 0 radical (unpaired) electrons. The van der Waals surface area contributed by atoms with Gasteiger partial charge in [-0.2, -0.15) is 9.97 Å². The number of hydrogen-bond donors (Lipinski definition) is 1. The number of fused-ring (bicyclic) bond motifs is 4. The van der Waals surface area contributed by atoms with Crippen LogP contribution in [-0.2, 0) is 13.0 Å². The summed E-state index contributed by atoms with van der Waals surface area (Å²) in [5, 5.41) is 12.1. The summed E-state index contributed by atoms with van der Waals surface area (Å²) in [5.74, 6) is 0.924. The molecule has 204 valence electrons. The van der Waals surface area contributed by atoms with Crippen molar-refractivity contribution in [3.05, 3.63) is 47.9 Å². The number of carbonyl (C=O) groups is 1. The van der Waals surface area contributed by atoms with Gasteiger partial charge in [0.2, 0.25) is 0 Å². The first-order valence-corrected chi connectivity index (χ1v) is 14.1. The van der Waals surface area contributed by atoms with Gasteiger partial charge in [-0.25, -0.2) is 4.79 Å². The summed E-state index contributed by atoms with van der Waals surface area (Å²) in [5.41, 5.74) is 3.26. The Balaban J connectivity index is 1.22. The normalized spacial score (nSPS) is 24.8. The van der Waals surface area contributed by atoms with Crippen molar-refractivity contribution in [1.29, 1.82) is 0 Å². The molecule has 1 N–H and O–H groups in total. The van der Waals surface area contributed by atoms with Crippen LogP contribution in [0.4, 0.5) is 16.3 Å². The maximum Gasteiger partial charge on any atom is 0.407 e. The number of likely N-dealkylation sites (tertiary alicyclic amines) is 1. The van der Waals surface area contributed by atoms with Crippen molar-refractivity contribution in [3.63, 3.8) is 0 Å². The third-order valence-electron chi connectivity index (χ3n) is 9.09. The number of amides is 1. The van der Waals surface area contributed by atoms with Crippen LogP contribution in [0.5, 0.6) is 6.01 Å². The first kappa shape index (κ1) is 24.4. The monoisotopic (exact) mass is 529 g/mol. The van der Waals surface area contributed by atoms with Crippen molar-refractivity contribution in [1.82, 2.24) is 24.8 Å². The molecule has 0 spiro atoms. The average molecular weight is 530 g/mol. The zero-order valence-corrected chi connectivity index (χ0v) is 22.4. The van der Waals surface area contributed by atoms with Crippen LogP contribution in [0.15, 0.2) is 36.7 Å². The molecule has 1 unspecified atom stereocenters. The largest absolute Gasteiger partial charge is 0.465 e. The van der Waals surface area contributed by atoms with Crippen molar-refractivity contribution in [2.45, 2.75) is 56.8 Å². The second-order valence-electron chi connectivity index (χ2n) is 11.4. The molecule has 10 nitrogen and oxygen atoms in total. The zero-order chi connectivity index (χ0) is 26.5. The number of likely N-dealkylation sites (N-methyl/N-ethyl adjacent to an activating group) is 1. The van der Waals surface area contributed by atoms with E-state index in [0.717, 1.165) is 66.9 Å². The van der Waals surface area contributed by atoms with Gasteiger partial charge in [0.25, 0.3) is 0 Å². The molecular formula is C29H35N7O3. The highest BCUT2D eigenvalue weighted by molar-refractivity contribution is 5.93. The second-order valence-corrected chi connectivity index (χ2v) is 11.4. The van der Waals surface area contributed by atoms with Crippen molar-refractivity contribution < 1.29 is 14.6 Å². The Morgan fingerprint density at radius 1 is 1.05 bits per heavy atom. The van der Waals surface area contributed by atoms with Crippen LogP contribution in [0.3, 0.4) is 0 Å². The van der Waals surface area contributed by atoms with Gasteiger partial charge in [0.15, 0.2) is 0 Å². The predicted octanol–water partition coefficient (Wildman–Crippen LogP) is 3.39. The van der Waals surface area contributed by atoms with E-state index in [1.807, 2.05) is 18.5 Å². The average Bonchev–Trinajstić information content (AvgIpc) is 3.49. The molecule has 6 heterocycles. The summed E-state index contributed by atoms with van der Waals surface area (Å²) in [6.07, 6.45) is 7.98. The van der Waals surface area contributed by atoms with Gasteiger partial charge in [-0.05, 0) is 45.7 Å². The van der Waals surface area contributed by atoms with Gasteiger partial charge in [0.05, 0.1) is 36.2 Å². The minimum absolute atomic E-state index is 0.00483. The molecule has 2 bridgehead atoms. The zero-order valence-electron chi connectivity index (χ0n) is 22.4. The molecule has 7 rings (SSSR count). The summed E-state index contributed by atoms with van der Waals surface area (Å²) >= 11 is 0. The van der Waals surface area contributed by atoms with Crippen LogP contribution in [0.25, 0.3) is 10.8 Å². The van der Waals surface area contributed by atoms with E-state index in [2.05, 4.69) is 44.9 Å². The standard InChI is InChI=1S/C29H35N7O3/c1-33-11-4-6-22(33)18-39-28-31-25-17-34(26-14-30-13-19-5-2-3-7-23(19)26)12-10-24(25)27(32-28)35-15-20-8-9-21(16-35)36(20)29(37)38/h2-3,5,7,13-14,20-22H,4,6,8-12,15-18H2,1H3,(H,37,38)/t20-,21+,22?. The van der Waals surface area contributed by atoms with Gasteiger partial charge in [0, 0.05) is 48.2 Å². The number of piperazine rings is 1. The van der Waals surface area contributed by atoms with E-state index in [0.29, 0.717) is 38.3 Å². The molecule has 3 aromatic rings. The van der Waals surface area contributed by atoms with E-state index in [1.165, 1.54) is 11.8 Å². The van der Waals surface area contributed by atoms with Gasteiger partial charge in [0.1, 0.15) is 12.4 Å². The van der Waals surface area contributed by atoms with Crippen molar-refractivity contribution in [2.75, 3.05) is 49.6 Å². The molecular weight excluding hydrogens is 494 g/mol. The van der Waals surface area contributed by atoms with E-state index in [-0.39, 0.29) is 12.1 Å². The highest BCUT2D eigenvalue weighted by Crippen LogP contribution is 2.37. The number of carboxylic acid groups (broad SMARTS) is 1. The van der Waals surface area contributed by atoms with Crippen LogP contribution < -0.4 is 14.5 Å². The summed E-state index contributed by atoms with van der Waals surface area (Å²) in [4.78, 5) is 35.0. The summed E-state index contributed by atoms with van der Waals surface area (Å²) in [6.45, 7) is 4.48. The molecule has 1 amide bonds. The van der Waals surface area contributed by atoms with E-state index in [1.54, 1.807) is 4.90 Å². The molecule has 2 aromatic heterocycles. The van der Waals surface area contributed by atoms with Gasteiger partial charge in [-0.1, -0.05) is 24.3 Å². The number of anilines is 2. The maximum atomic E-state index is 11.9. The molecule has 4 aliphatic heterocycles. The Kier molecular flexibility index (Phi) is 6.14. The summed E-state index contributed by atoms with van der Waals surface area (Å²) in [7, 11) is 2.15. The Morgan fingerprint density at radius 2 is 1.87 bits per heavy atom. The van der Waals surface area contributed by atoms with Crippen LogP contribution in [0.1, 0.15) is 36.9 Å². The topological polar surface area (TPSA) is 98.2 Å². The lowest BCUT2D eigenvalue weighted by molar-refractivity contribution is 0.114. The second kappa shape index (κ2) is 9.82. The fourth-order valence-electron chi connectivity index (χ4n) is 7.02.